The number of carbonyl (C=O) groups is 1. The minimum Gasteiger partial charge on any atom is -0.388 e. The summed E-state index contributed by atoms with van der Waals surface area (Å²) in [7, 11) is 0. The Kier molecular flexibility index (Phi) is 5.36. The Balaban J connectivity index is 1.79. The SMILES string of the molecule is O=C(CCC(O)c1ccccc1)N1CCCNCC1. The molecule has 1 aliphatic rings. The van der Waals surface area contributed by atoms with E-state index in [2.05, 4.69) is 5.32 Å². The van der Waals surface area contributed by atoms with Crippen LogP contribution in [0.25, 0.3) is 0 Å². The molecule has 1 unspecified atom stereocenters. The van der Waals surface area contributed by atoms with Gasteiger partial charge in [0, 0.05) is 26.1 Å². The lowest BCUT2D eigenvalue weighted by molar-refractivity contribution is -0.131. The summed E-state index contributed by atoms with van der Waals surface area (Å²) >= 11 is 0. The van der Waals surface area contributed by atoms with Gasteiger partial charge in [0.05, 0.1) is 6.10 Å². The molecule has 19 heavy (non-hydrogen) atoms. The molecular weight excluding hydrogens is 240 g/mol. The van der Waals surface area contributed by atoms with Crippen molar-refractivity contribution in [1.82, 2.24) is 10.2 Å². The van der Waals surface area contributed by atoms with Crippen LogP contribution in [0.1, 0.15) is 30.9 Å². The van der Waals surface area contributed by atoms with Crippen LogP contribution in [-0.4, -0.2) is 42.1 Å². The zero-order valence-electron chi connectivity index (χ0n) is 11.2. The summed E-state index contributed by atoms with van der Waals surface area (Å²) in [6.45, 7) is 3.46. The summed E-state index contributed by atoms with van der Waals surface area (Å²) < 4.78 is 0. The summed E-state index contributed by atoms with van der Waals surface area (Å²) in [6.07, 6.45) is 1.37. The molecule has 104 valence electrons. The Morgan fingerprint density at radius 3 is 2.84 bits per heavy atom. The van der Waals surface area contributed by atoms with Crippen LogP contribution in [0.15, 0.2) is 30.3 Å². The van der Waals surface area contributed by atoms with Gasteiger partial charge in [0.15, 0.2) is 0 Å². The van der Waals surface area contributed by atoms with Crippen LogP contribution in [-0.2, 0) is 4.79 Å². The van der Waals surface area contributed by atoms with Crippen molar-refractivity contribution in [3.05, 3.63) is 35.9 Å². The molecule has 0 spiro atoms. The number of rotatable bonds is 4. The highest BCUT2D eigenvalue weighted by Crippen LogP contribution is 2.18. The summed E-state index contributed by atoms with van der Waals surface area (Å²) in [5.74, 6) is 0.152. The van der Waals surface area contributed by atoms with Crippen LogP contribution in [0.5, 0.6) is 0 Å². The molecule has 2 N–H and O–H groups in total. The fraction of sp³-hybridized carbons (Fsp3) is 0.533. The number of hydrogen-bond donors (Lipinski definition) is 2. The largest absolute Gasteiger partial charge is 0.388 e. The quantitative estimate of drug-likeness (QED) is 0.860. The smallest absolute Gasteiger partial charge is 0.222 e. The molecule has 4 nitrogen and oxygen atoms in total. The van der Waals surface area contributed by atoms with Gasteiger partial charge in [-0.2, -0.15) is 0 Å². The van der Waals surface area contributed by atoms with Gasteiger partial charge in [-0.1, -0.05) is 30.3 Å². The molecule has 2 rings (SSSR count). The van der Waals surface area contributed by atoms with E-state index >= 15 is 0 Å². The third-order valence-electron chi connectivity index (χ3n) is 3.51. The predicted molar refractivity (Wildman–Crippen MR) is 74.7 cm³/mol. The van der Waals surface area contributed by atoms with Crippen molar-refractivity contribution in [2.75, 3.05) is 26.2 Å². The maximum absolute atomic E-state index is 12.1. The Hall–Kier alpha value is -1.39. The molecule has 0 saturated carbocycles. The summed E-state index contributed by atoms with van der Waals surface area (Å²) in [4.78, 5) is 14.0. The predicted octanol–water partition coefficient (Wildman–Crippen LogP) is 1.32. The van der Waals surface area contributed by atoms with Gasteiger partial charge in [0.1, 0.15) is 0 Å². The molecule has 1 aromatic rings. The van der Waals surface area contributed by atoms with E-state index in [-0.39, 0.29) is 5.91 Å². The molecule has 1 fully saturated rings. The number of nitrogens with one attached hydrogen (secondary N) is 1. The first-order valence-corrected chi connectivity index (χ1v) is 6.99. The second-order valence-electron chi connectivity index (χ2n) is 4.95. The van der Waals surface area contributed by atoms with Gasteiger partial charge < -0.3 is 15.3 Å². The minimum absolute atomic E-state index is 0.152. The van der Waals surface area contributed by atoms with E-state index in [1.165, 1.54) is 0 Å². The van der Waals surface area contributed by atoms with Crippen LogP contribution >= 0.6 is 0 Å². The molecule has 4 heteroatoms. The molecule has 1 saturated heterocycles. The normalized spacial score (nSPS) is 17.8. The topological polar surface area (TPSA) is 52.6 Å². The highest BCUT2D eigenvalue weighted by molar-refractivity contribution is 5.76. The number of nitrogens with zero attached hydrogens (tertiary/aromatic N) is 1. The Labute approximate surface area is 114 Å². The molecule has 0 aliphatic carbocycles. The van der Waals surface area contributed by atoms with Gasteiger partial charge in [-0.05, 0) is 24.9 Å². The lowest BCUT2D eigenvalue weighted by Crippen LogP contribution is -2.34. The highest BCUT2D eigenvalue weighted by Gasteiger charge is 2.17. The molecule has 1 atom stereocenters. The first kappa shape index (κ1) is 14.0. The van der Waals surface area contributed by atoms with Gasteiger partial charge in [0.2, 0.25) is 5.91 Å². The number of hydrogen-bond acceptors (Lipinski definition) is 3. The molecule has 0 radical (unpaired) electrons. The number of aliphatic hydroxyl groups is 1. The van der Waals surface area contributed by atoms with E-state index in [0.717, 1.165) is 38.2 Å². The van der Waals surface area contributed by atoms with Gasteiger partial charge in [-0.15, -0.1) is 0 Å². The average Bonchev–Trinajstić information content (AvgIpc) is 2.74. The maximum atomic E-state index is 12.1. The molecule has 1 aliphatic heterocycles. The van der Waals surface area contributed by atoms with Crippen LogP contribution in [0.4, 0.5) is 0 Å². The van der Waals surface area contributed by atoms with Crippen molar-refractivity contribution in [1.29, 1.82) is 0 Å². The fourth-order valence-corrected chi connectivity index (χ4v) is 2.36. The molecule has 1 aromatic carbocycles. The van der Waals surface area contributed by atoms with E-state index in [9.17, 15) is 9.90 Å². The highest BCUT2D eigenvalue weighted by atomic mass is 16.3. The number of carbonyl (C=O) groups excluding carboxylic acids is 1. The Bertz CT molecular complexity index is 386. The van der Waals surface area contributed by atoms with Gasteiger partial charge in [0.25, 0.3) is 0 Å². The van der Waals surface area contributed by atoms with Gasteiger partial charge in [-0.3, -0.25) is 4.79 Å². The van der Waals surface area contributed by atoms with E-state index in [1.807, 2.05) is 35.2 Å². The van der Waals surface area contributed by atoms with Crippen LogP contribution < -0.4 is 5.32 Å². The summed E-state index contributed by atoms with van der Waals surface area (Å²) in [5.41, 5.74) is 0.882. The third kappa shape index (κ3) is 4.33. The number of benzene rings is 1. The van der Waals surface area contributed by atoms with E-state index in [1.54, 1.807) is 0 Å². The first-order chi connectivity index (χ1) is 9.27. The standard InChI is InChI=1S/C15H22N2O2/c18-14(13-5-2-1-3-6-13)7-8-15(19)17-11-4-9-16-10-12-17/h1-3,5-6,14,16,18H,4,7-12H2. The van der Waals surface area contributed by atoms with Crippen molar-refractivity contribution in [2.45, 2.75) is 25.4 Å². The second-order valence-corrected chi connectivity index (χ2v) is 4.95. The fourth-order valence-electron chi connectivity index (χ4n) is 2.36. The average molecular weight is 262 g/mol. The van der Waals surface area contributed by atoms with Crippen LogP contribution in [0.3, 0.4) is 0 Å². The van der Waals surface area contributed by atoms with Crippen molar-refractivity contribution in [3.8, 4) is 0 Å². The lowest BCUT2D eigenvalue weighted by Gasteiger charge is -2.20. The van der Waals surface area contributed by atoms with Crippen LogP contribution in [0, 0.1) is 0 Å². The van der Waals surface area contributed by atoms with E-state index in [0.29, 0.717) is 12.8 Å². The number of amides is 1. The van der Waals surface area contributed by atoms with Crippen molar-refractivity contribution in [2.24, 2.45) is 0 Å². The van der Waals surface area contributed by atoms with E-state index in [4.69, 9.17) is 0 Å². The zero-order valence-corrected chi connectivity index (χ0v) is 11.2. The van der Waals surface area contributed by atoms with Crippen LogP contribution in [0.2, 0.25) is 0 Å². The van der Waals surface area contributed by atoms with Crippen molar-refractivity contribution in [3.63, 3.8) is 0 Å². The van der Waals surface area contributed by atoms with Crippen molar-refractivity contribution >= 4 is 5.91 Å². The van der Waals surface area contributed by atoms with Gasteiger partial charge in [-0.25, -0.2) is 0 Å². The lowest BCUT2D eigenvalue weighted by atomic mass is 10.0. The molecule has 1 heterocycles. The van der Waals surface area contributed by atoms with Gasteiger partial charge >= 0.3 is 0 Å². The summed E-state index contributed by atoms with van der Waals surface area (Å²) in [6, 6.07) is 9.52. The second kappa shape index (κ2) is 7.26. The van der Waals surface area contributed by atoms with Crippen molar-refractivity contribution < 1.29 is 9.90 Å². The Morgan fingerprint density at radius 2 is 2.05 bits per heavy atom. The molecule has 0 aromatic heterocycles. The Morgan fingerprint density at radius 1 is 1.26 bits per heavy atom. The number of aliphatic hydroxyl groups excluding tert-OH is 1. The molecule has 1 amide bonds. The monoisotopic (exact) mass is 262 g/mol. The van der Waals surface area contributed by atoms with E-state index < -0.39 is 6.10 Å². The molecule has 0 bridgehead atoms. The maximum Gasteiger partial charge on any atom is 0.222 e. The minimum atomic E-state index is -0.546. The zero-order chi connectivity index (χ0) is 13.5. The molecular formula is C15H22N2O2. The third-order valence-corrected chi connectivity index (χ3v) is 3.51. The first-order valence-electron chi connectivity index (χ1n) is 6.99. The summed E-state index contributed by atoms with van der Waals surface area (Å²) in [5, 5.41) is 13.3.